The first-order valence-corrected chi connectivity index (χ1v) is 8.72. The SMILES string of the molecule is Cc1ccc(C(=O)OCC(=O)N2c3ccccc3NC(=O)C[C@@H]2C)s1. The number of nitrogens with zero attached hydrogens (tertiary/aromatic N) is 1. The third-order valence-corrected chi connectivity index (χ3v) is 4.88. The molecule has 0 bridgehead atoms. The minimum atomic E-state index is -0.517. The molecule has 1 aromatic carbocycles. The molecule has 0 aliphatic carbocycles. The number of carbonyl (C=O) groups excluding carboxylic acids is 3. The first kappa shape index (κ1) is 17.2. The summed E-state index contributed by atoms with van der Waals surface area (Å²) in [6.45, 7) is 3.32. The third-order valence-electron chi connectivity index (χ3n) is 3.90. The predicted molar refractivity (Wildman–Crippen MR) is 96.0 cm³/mol. The van der Waals surface area contributed by atoms with Crippen LogP contribution in [0.3, 0.4) is 0 Å². The Bertz CT molecular complexity index is 830. The van der Waals surface area contributed by atoms with Crippen LogP contribution in [0.1, 0.15) is 27.9 Å². The van der Waals surface area contributed by atoms with E-state index in [2.05, 4.69) is 5.32 Å². The monoisotopic (exact) mass is 358 g/mol. The first-order valence-electron chi connectivity index (χ1n) is 7.90. The minimum absolute atomic E-state index is 0.152. The first-order chi connectivity index (χ1) is 12.0. The van der Waals surface area contributed by atoms with Crippen molar-refractivity contribution in [1.82, 2.24) is 0 Å². The number of anilines is 2. The maximum absolute atomic E-state index is 12.7. The molecule has 2 aromatic rings. The lowest BCUT2D eigenvalue weighted by Gasteiger charge is -2.27. The largest absolute Gasteiger partial charge is 0.451 e. The molecule has 1 aliphatic heterocycles. The van der Waals surface area contributed by atoms with E-state index in [4.69, 9.17) is 4.74 Å². The number of carbonyl (C=O) groups is 3. The van der Waals surface area contributed by atoms with Crippen molar-refractivity contribution >= 4 is 40.5 Å². The van der Waals surface area contributed by atoms with Gasteiger partial charge in [0.25, 0.3) is 5.91 Å². The van der Waals surface area contributed by atoms with Crippen LogP contribution in [0.25, 0.3) is 0 Å². The second-order valence-electron chi connectivity index (χ2n) is 5.87. The Balaban J connectivity index is 1.76. The second kappa shape index (κ2) is 7.06. The van der Waals surface area contributed by atoms with Gasteiger partial charge in [0.2, 0.25) is 5.91 Å². The number of rotatable bonds is 3. The number of ether oxygens (including phenoxy) is 1. The average molecular weight is 358 g/mol. The lowest BCUT2D eigenvalue weighted by atomic mass is 10.1. The molecule has 2 amide bonds. The van der Waals surface area contributed by atoms with Crippen LogP contribution in [0.4, 0.5) is 11.4 Å². The Morgan fingerprint density at radius 3 is 2.76 bits per heavy atom. The van der Waals surface area contributed by atoms with Crippen molar-refractivity contribution in [3.05, 3.63) is 46.2 Å². The average Bonchev–Trinajstić information content (AvgIpc) is 2.95. The molecule has 1 aromatic heterocycles. The van der Waals surface area contributed by atoms with Crippen molar-refractivity contribution in [2.75, 3.05) is 16.8 Å². The molecule has 3 rings (SSSR count). The summed E-state index contributed by atoms with van der Waals surface area (Å²) in [4.78, 5) is 39.6. The smallest absolute Gasteiger partial charge is 0.348 e. The fraction of sp³-hybridized carbons (Fsp3) is 0.278. The van der Waals surface area contributed by atoms with Crippen molar-refractivity contribution in [3.8, 4) is 0 Å². The molecule has 0 unspecified atom stereocenters. The molecular formula is C18H18N2O4S. The number of aryl methyl sites for hydroxylation is 1. The quantitative estimate of drug-likeness (QED) is 0.856. The maximum atomic E-state index is 12.7. The lowest BCUT2D eigenvalue weighted by Crippen LogP contribution is -2.41. The van der Waals surface area contributed by atoms with Crippen LogP contribution >= 0.6 is 11.3 Å². The van der Waals surface area contributed by atoms with Crippen molar-refractivity contribution in [2.45, 2.75) is 26.3 Å². The summed E-state index contributed by atoms with van der Waals surface area (Å²) >= 11 is 1.32. The molecule has 6 nitrogen and oxygen atoms in total. The van der Waals surface area contributed by atoms with Gasteiger partial charge < -0.3 is 15.0 Å². The number of nitrogens with one attached hydrogen (secondary N) is 1. The number of thiophene rings is 1. The van der Waals surface area contributed by atoms with Gasteiger partial charge in [-0.1, -0.05) is 12.1 Å². The summed E-state index contributed by atoms with van der Waals surface area (Å²) in [6.07, 6.45) is 0.179. The zero-order chi connectivity index (χ0) is 18.0. The van der Waals surface area contributed by atoms with Crippen molar-refractivity contribution in [1.29, 1.82) is 0 Å². The van der Waals surface area contributed by atoms with E-state index in [0.717, 1.165) is 4.88 Å². The summed E-state index contributed by atoms with van der Waals surface area (Å²) in [5.41, 5.74) is 1.18. The molecule has 0 radical (unpaired) electrons. The zero-order valence-corrected chi connectivity index (χ0v) is 14.8. The van der Waals surface area contributed by atoms with Gasteiger partial charge in [-0.3, -0.25) is 9.59 Å². The van der Waals surface area contributed by atoms with Crippen molar-refractivity contribution < 1.29 is 19.1 Å². The van der Waals surface area contributed by atoms with Crippen LogP contribution in [-0.2, 0) is 14.3 Å². The number of benzene rings is 1. The Kier molecular flexibility index (Phi) is 4.85. The van der Waals surface area contributed by atoms with E-state index in [0.29, 0.717) is 16.3 Å². The highest BCUT2D eigenvalue weighted by molar-refractivity contribution is 7.13. The van der Waals surface area contributed by atoms with E-state index in [1.54, 1.807) is 37.3 Å². The molecule has 0 saturated carbocycles. The number of amides is 2. The highest BCUT2D eigenvalue weighted by atomic mass is 32.1. The summed E-state index contributed by atoms with van der Waals surface area (Å²) in [5.74, 6) is -1.03. The van der Waals surface area contributed by atoms with E-state index < -0.39 is 5.97 Å². The summed E-state index contributed by atoms with van der Waals surface area (Å²) < 4.78 is 5.16. The van der Waals surface area contributed by atoms with Gasteiger partial charge in [0.05, 0.1) is 11.4 Å². The third kappa shape index (κ3) is 3.71. The van der Waals surface area contributed by atoms with E-state index >= 15 is 0 Å². The fourth-order valence-electron chi connectivity index (χ4n) is 2.78. The standard InChI is InChI=1S/C18H18N2O4S/c1-11-9-16(21)19-13-5-3-4-6-14(13)20(11)17(22)10-24-18(23)15-8-7-12(2)25-15/h3-8,11H,9-10H2,1-2H3,(H,19,21)/t11-/m0/s1. The van der Waals surface area contributed by atoms with E-state index in [9.17, 15) is 14.4 Å². The van der Waals surface area contributed by atoms with Gasteiger partial charge >= 0.3 is 5.97 Å². The predicted octanol–water partition coefficient (Wildman–Crippen LogP) is 2.98. The normalized spacial score (nSPS) is 16.6. The van der Waals surface area contributed by atoms with Gasteiger partial charge in [0.15, 0.2) is 6.61 Å². The highest BCUT2D eigenvalue weighted by Crippen LogP contribution is 2.31. The lowest BCUT2D eigenvalue weighted by molar-refractivity contribution is -0.122. The molecule has 1 N–H and O–H groups in total. The van der Waals surface area contributed by atoms with Crippen LogP contribution in [0.2, 0.25) is 0 Å². The Morgan fingerprint density at radius 1 is 1.28 bits per heavy atom. The van der Waals surface area contributed by atoms with E-state index in [1.807, 2.05) is 13.0 Å². The molecule has 0 spiro atoms. The second-order valence-corrected chi connectivity index (χ2v) is 7.16. The van der Waals surface area contributed by atoms with Gasteiger partial charge in [-0.25, -0.2) is 4.79 Å². The van der Waals surface area contributed by atoms with Gasteiger partial charge in [0.1, 0.15) is 4.88 Å². The van der Waals surface area contributed by atoms with Crippen LogP contribution in [0, 0.1) is 6.92 Å². The molecule has 2 heterocycles. The Morgan fingerprint density at radius 2 is 2.04 bits per heavy atom. The van der Waals surface area contributed by atoms with Crippen LogP contribution in [0.5, 0.6) is 0 Å². The summed E-state index contributed by atoms with van der Waals surface area (Å²) in [7, 11) is 0. The summed E-state index contributed by atoms with van der Waals surface area (Å²) in [6, 6.07) is 10.3. The van der Waals surface area contributed by atoms with Crippen molar-refractivity contribution in [2.24, 2.45) is 0 Å². The number of hydrogen-bond acceptors (Lipinski definition) is 5. The van der Waals surface area contributed by atoms with Gasteiger partial charge in [-0.05, 0) is 38.1 Å². The summed E-state index contributed by atoms with van der Waals surface area (Å²) in [5, 5.41) is 2.79. The molecular weight excluding hydrogens is 340 g/mol. The van der Waals surface area contributed by atoms with Crippen LogP contribution in [0.15, 0.2) is 36.4 Å². The minimum Gasteiger partial charge on any atom is -0.451 e. The highest BCUT2D eigenvalue weighted by Gasteiger charge is 2.30. The molecule has 7 heteroatoms. The maximum Gasteiger partial charge on any atom is 0.348 e. The van der Waals surface area contributed by atoms with Crippen LogP contribution in [-0.4, -0.2) is 30.4 Å². The zero-order valence-electron chi connectivity index (χ0n) is 13.9. The Labute approximate surface area is 149 Å². The van der Waals surface area contributed by atoms with Gasteiger partial charge in [-0.15, -0.1) is 11.3 Å². The van der Waals surface area contributed by atoms with Gasteiger partial charge in [-0.2, -0.15) is 0 Å². The molecule has 25 heavy (non-hydrogen) atoms. The molecule has 1 aliphatic rings. The molecule has 0 saturated heterocycles. The molecule has 0 fully saturated rings. The number of fused-ring (bicyclic) bond motifs is 1. The van der Waals surface area contributed by atoms with E-state index in [-0.39, 0.29) is 30.9 Å². The number of para-hydroxylation sites is 2. The number of esters is 1. The molecule has 1 atom stereocenters. The van der Waals surface area contributed by atoms with Gasteiger partial charge in [0, 0.05) is 17.3 Å². The van der Waals surface area contributed by atoms with Crippen LogP contribution < -0.4 is 10.2 Å². The topological polar surface area (TPSA) is 75.7 Å². The Hall–Kier alpha value is -2.67. The molecule has 130 valence electrons. The fourth-order valence-corrected chi connectivity index (χ4v) is 3.54. The number of hydrogen-bond donors (Lipinski definition) is 1. The van der Waals surface area contributed by atoms with Crippen molar-refractivity contribution in [3.63, 3.8) is 0 Å². The van der Waals surface area contributed by atoms with E-state index in [1.165, 1.54) is 16.2 Å².